The van der Waals surface area contributed by atoms with Gasteiger partial charge in [-0.15, -0.1) is 0 Å². The maximum absolute atomic E-state index is 6.00. The average Bonchev–Trinajstić information content (AvgIpc) is 3.00. The van der Waals surface area contributed by atoms with Crippen molar-refractivity contribution in [1.82, 2.24) is 5.32 Å². The van der Waals surface area contributed by atoms with E-state index in [4.69, 9.17) is 14.2 Å². The molecule has 1 aromatic rings. The lowest BCUT2D eigenvalue weighted by molar-refractivity contribution is 0.173. The molecule has 0 aromatic heterocycles. The zero-order valence-corrected chi connectivity index (χ0v) is 12.8. The summed E-state index contributed by atoms with van der Waals surface area (Å²) < 4.78 is 16.7. The van der Waals surface area contributed by atoms with E-state index in [2.05, 4.69) is 12.2 Å². The zero-order chi connectivity index (χ0) is 14.5. The van der Waals surface area contributed by atoms with Crippen molar-refractivity contribution >= 4 is 0 Å². The van der Waals surface area contributed by atoms with Gasteiger partial charge in [-0.3, -0.25) is 0 Å². The summed E-state index contributed by atoms with van der Waals surface area (Å²) in [7, 11) is 0. The van der Waals surface area contributed by atoms with Crippen molar-refractivity contribution in [3.05, 3.63) is 18.2 Å². The molecule has 1 aliphatic carbocycles. The van der Waals surface area contributed by atoms with Crippen LogP contribution in [0.15, 0.2) is 18.2 Å². The molecule has 1 fully saturated rings. The molecule has 0 amide bonds. The largest absolute Gasteiger partial charge is 0.492 e. The maximum Gasteiger partial charge on any atom is 0.231 e. The molecule has 1 aliphatic heterocycles. The van der Waals surface area contributed by atoms with Gasteiger partial charge in [-0.05, 0) is 37.4 Å². The summed E-state index contributed by atoms with van der Waals surface area (Å²) >= 11 is 0. The van der Waals surface area contributed by atoms with Gasteiger partial charge in [0.25, 0.3) is 0 Å². The fourth-order valence-corrected chi connectivity index (χ4v) is 3.31. The third-order valence-corrected chi connectivity index (χ3v) is 4.46. The van der Waals surface area contributed by atoms with Gasteiger partial charge in [0.2, 0.25) is 6.79 Å². The van der Waals surface area contributed by atoms with E-state index in [0.29, 0.717) is 12.8 Å². The number of fused-ring (bicyclic) bond motifs is 1. The van der Waals surface area contributed by atoms with Gasteiger partial charge in [0.05, 0.1) is 0 Å². The molecule has 4 nitrogen and oxygen atoms in total. The number of hydrogen-bond donors (Lipinski definition) is 1. The van der Waals surface area contributed by atoms with Crippen LogP contribution in [0.2, 0.25) is 0 Å². The molecule has 1 aromatic carbocycles. The first-order valence-corrected chi connectivity index (χ1v) is 8.12. The van der Waals surface area contributed by atoms with Gasteiger partial charge >= 0.3 is 0 Å². The molecule has 3 rings (SSSR count). The van der Waals surface area contributed by atoms with E-state index in [9.17, 15) is 0 Å². The van der Waals surface area contributed by atoms with E-state index < -0.39 is 0 Å². The van der Waals surface area contributed by atoms with E-state index in [-0.39, 0.29) is 0 Å². The number of ether oxygens (including phenoxy) is 3. The molecular weight excluding hydrogens is 266 g/mol. The van der Waals surface area contributed by atoms with Crippen molar-refractivity contribution in [3.8, 4) is 17.2 Å². The van der Waals surface area contributed by atoms with Crippen LogP contribution in [-0.2, 0) is 0 Å². The second kappa shape index (κ2) is 7.03. The van der Waals surface area contributed by atoms with Gasteiger partial charge in [-0.25, -0.2) is 0 Å². The van der Waals surface area contributed by atoms with Gasteiger partial charge in [0, 0.05) is 12.1 Å². The number of likely N-dealkylation sites (N-methyl/N-ethyl adjacent to an activating group) is 1. The minimum absolute atomic E-state index is 0.306. The van der Waals surface area contributed by atoms with E-state index in [1.54, 1.807) is 0 Å². The first-order valence-electron chi connectivity index (χ1n) is 8.12. The third-order valence-electron chi connectivity index (χ3n) is 4.46. The maximum atomic E-state index is 6.00. The molecule has 1 unspecified atom stereocenters. The van der Waals surface area contributed by atoms with Crippen LogP contribution < -0.4 is 19.5 Å². The highest BCUT2D eigenvalue weighted by atomic mass is 16.7. The highest BCUT2D eigenvalue weighted by Crippen LogP contribution is 2.35. The number of benzene rings is 1. The first kappa shape index (κ1) is 14.5. The van der Waals surface area contributed by atoms with Gasteiger partial charge in [0.1, 0.15) is 12.4 Å². The third kappa shape index (κ3) is 3.62. The van der Waals surface area contributed by atoms with Crippen LogP contribution in [0, 0.1) is 5.92 Å². The van der Waals surface area contributed by atoms with Crippen LogP contribution >= 0.6 is 0 Å². The zero-order valence-electron chi connectivity index (χ0n) is 12.8. The normalized spacial score (nSPS) is 19.5. The van der Waals surface area contributed by atoms with Crippen molar-refractivity contribution in [2.75, 3.05) is 19.9 Å². The minimum atomic E-state index is 0.306. The van der Waals surface area contributed by atoms with Crippen molar-refractivity contribution in [2.45, 2.75) is 45.1 Å². The van der Waals surface area contributed by atoms with Gasteiger partial charge in [-0.1, -0.05) is 26.2 Å². The Hall–Kier alpha value is -1.42. The lowest BCUT2D eigenvalue weighted by Crippen LogP contribution is -2.41. The topological polar surface area (TPSA) is 39.7 Å². The Kier molecular flexibility index (Phi) is 4.86. The Labute approximate surface area is 126 Å². The molecule has 1 N–H and O–H groups in total. The molecule has 0 saturated heterocycles. The van der Waals surface area contributed by atoms with E-state index in [1.807, 2.05) is 18.2 Å². The van der Waals surface area contributed by atoms with Gasteiger partial charge < -0.3 is 19.5 Å². The lowest BCUT2D eigenvalue weighted by Gasteiger charge is -2.30. The van der Waals surface area contributed by atoms with Crippen LogP contribution in [0.5, 0.6) is 17.2 Å². The molecule has 21 heavy (non-hydrogen) atoms. The number of hydrogen-bond acceptors (Lipinski definition) is 4. The summed E-state index contributed by atoms with van der Waals surface area (Å²) in [6, 6.07) is 6.24. The molecule has 4 heteroatoms. The molecule has 1 saturated carbocycles. The van der Waals surface area contributed by atoms with E-state index in [0.717, 1.165) is 36.3 Å². The number of rotatable bonds is 6. The highest BCUT2D eigenvalue weighted by Gasteiger charge is 2.23. The van der Waals surface area contributed by atoms with Crippen molar-refractivity contribution in [3.63, 3.8) is 0 Å². The summed E-state index contributed by atoms with van der Waals surface area (Å²) in [4.78, 5) is 0. The number of nitrogens with one attached hydrogen (secondary N) is 1. The summed E-state index contributed by atoms with van der Waals surface area (Å²) in [6.07, 6.45) is 6.75. The smallest absolute Gasteiger partial charge is 0.231 e. The molecule has 2 aliphatic rings. The molecule has 0 bridgehead atoms. The van der Waals surface area contributed by atoms with Crippen LogP contribution in [0.4, 0.5) is 0 Å². The summed E-state index contributed by atoms with van der Waals surface area (Å²) in [5.74, 6) is 3.19. The predicted molar refractivity (Wildman–Crippen MR) is 82.1 cm³/mol. The minimum Gasteiger partial charge on any atom is -0.492 e. The Morgan fingerprint density at radius 1 is 1.19 bits per heavy atom. The second-order valence-electron chi connectivity index (χ2n) is 5.89. The van der Waals surface area contributed by atoms with Crippen LogP contribution in [0.25, 0.3) is 0 Å². The molecular formula is C17H25NO3. The van der Waals surface area contributed by atoms with E-state index in [1.165, 1.54) is 32.1 Å². The second-order valence-corrected chi connectivity index (χ2v) is 5.89. The Bertz CT molecular complexity index is 457. The Balaban J connectivity index is 1.58. The predicted octanol–water partition coefficient (Wildman–Crippen LogP) is 3.35. The van der Waals surface area contributed by atoms with Crippen molar-refractivity contribution < 1.29 is 14.2 Å². The quantitative estimate of drug-likeness (QED) is 0.872. The Morgan fingerprint density at radius 3 is 2.81 bits per heavy atom. The Morgan fingerprint density at radius 2 is 2.00 bits per heavy atom. The summed E-state index contributed by atoms with van der Waals surface area (Å²) in [5, 5.41) is 3.59. The van der Waals surface area contributed by atoms with Gasteiger partial charge in [0.15, 0.2) is 11.5 Å². The van der Waals surface area contributed by atoms with Crippen LogP contribution in [-0.4, -0.2) is 26.0 Å². The van der Waals surface area contributed by atoms with E-state index >= 15 is 0 Å². The molecule has 1 atom stereocenters. The molecule has 0 spiro atoms. The molecule has 0 radical (unpaired) electrons. The van der Waals surface area contributed by atoms with Gasteiger partial charge in [-0.2, -0.15) is 0 Å². The van der Waals surface area contributed by atoms with Crippen molar-refractivity contribution in [1.29, 1.82) is 0 Å². The van der Waals surface area contributed by atoms with Crippen molar-refractivity contribution in [2.24, 2.45) is 5.92 Å². The average molecular weight is 291 g/mol. The summed E-state index contributed by atoms with van der Waals surface area (Å²) in [6.45, 7) is 4.18. The van der Waals surface area contributed by atoms with Crippen LogP contribution in [0.3, 0.4) is 0 Å². The first-order chi connectivity index (χ1) is 10.4. The fourth-order valence-electron chi connectivity index (χ4n) is 3.31. The molecule has 1 heterocycles. The lowest BCUT2D eigenvalue weighted by atomic mass is 9.84. The van der Waals surface area contributed by atoms with Crippen LogP contribution in [0.1, 0.15) is 39.0 Å². The molecule has 116 valence electrons. The highest BCUT2D eigenvalue weighted by molar-refractivity contribution is 5.46. The summed E-state index contributed by atoms with van der Waals surface area (Å²) in [5.41, 5.74) is 0. The standard InChI is InChI=1S/C17H25NO3/c1-2-18-15(13-6-4-3-5-7-13)11-19-14-8-9-16-17(10-14)21-12-20-16/h8-10,13,15,18H,2-7,11-12H2,1H3. The fraction of sp³-hybridized carbons (Fsp3) is 0.647. The monoisotopic (exact) mass is 291 g/mol. The SMILES string of the molecule is CCNC(COc1ccc2c(c1)OCO2)C1CCCCC1.